The van der Waals surface area contributed by atoms with Crippen molar-refractivity contribution < 1.29 is 9.53 Å². The Morgan fingerprint density at radius 2 is 1.68 bits per heavy atom. The van der Waals surface area contributed by atoms with E-state index in [1.807, 2.05) is 32.9 Å². The van der Waals surface area contributed by atoms with Crippen LogP contribution in [0.3, 0.4) is 0 Å². The first-order valence-electron chi connectivity index (χ1n) is 10.3. The standard InChI is InChI=1S/C22H37NO2/c1-6-8-20(4,15(3)23)19(24)25-21(5,7-2)22-12-16-9-17(13-22)11-18(10-16)14-22/h6,8,15-18H,7,9-14,23H2,1-5H3/b8-6-. The zero-order chi connectivity index (χ0) is 18.5. The fraction of sp³-hybridized carbons (Fsp3) is 0.864. The van der Waals surface area contributed by atoms with Gasteiger partial charge in [-0.3, -0.25) is 4.79 Å². The SMILES string of the molecule is C/C=C\C(C)(C(=O)OC(C)(CC)C12CC3CC(CC(C3)C1)C2)C(C)N. The van der Waals surface area contributed by atoms with Crippen molar-refractivity contribution in [3.8, 4) is 0 Å². The Kier molecular flexibility index (Phi) is 4.85. The smallest absolute Gasteiger partial charge is 0.317 e. The van der Waals surface area contributed by atoms with Gasteiger partial charge in [0.2, 0.25) is 0 Å². The summed E-state index contributed by atoms with van der Waals surface area (Å²) in [6.07, 6.45) is 12.7. The number of hydrogen-bond donors (Lipinski definition) is 1. The maximum absolute atomic E-state index is 13.2. The average Bonchev–Trinajstić information content (AvgIpc) is 2.53. The summed E-state index contributed by atoms with van der Waals surface area (Å²) in [6.45, 7) is 10.1. The third-order valence-corrected chi connectivity index (χ3v) is 8.05. The van der Waals surface area contributed by atoms with Crippen LogP contribution in [0.25, 0.3) is 0 Å². The summed E-state index contributed by atoms with van der Waals surface area (Å²) in [5.74, 6) is 2.41. The molecule has 0 aromatic rings. The highest BCUT2D eigenvalue weighted by Crippen LogP contribution is 2.65. The minimum absolute atomic E-state index is 0.152. The van der Waals surface area contributed by atoms with Crippen LogP contribution in [-0.2, 0) is 9.53 Å². The molecule has 2 N–H and O–H groups in total. The van der Waals surface area contributed by atoms with Crippen molar-refractivity contribution in [3.63, 3.8) is 0 Å². The predicted molar refractivity (Wildman–Crippen MR) is 102 cm³/mol. The topological polar surface area (TPSA) is 52.3 Å². The molecule has 3 heteroatoms. The van der Waals surface area contributed by atoms with E-state index < -0.39 is 5.41 Å². The molecule has 4 aliphatic rings. The van der Waals surface area contributed by atoms with Gasteiger partial charge in [-0.2, -0.15) is 0 Å². The van der Waals surface area contributed by atoms with Crippen molar-refractivity contribution in [2.75, 3.05) is 0 Å². The van der Waals surface area contributed by atoms with E-state index in [2.05, 4.69) is 13.8 Å². The molecule has 4 saturated carbocycles. The van der Waals surface area contributed by atoms with Gasteiger partial charge in [0.05, 0.1) is 5.41 Å². The van der Waals surface area contributed by atoms with Crippen molar-refractivity contribution >= 4 is 5.97 Å². The van der Waals surface area contributed by atoms with Crippen LogP contribution in [0.5, 0.6) is 0 Å². The van der Waals surface area contributed by atoms with E-state index in [0.29, 0.717) is 0 Å². The Labute approximate surface area is 153 Å². The van der Waals surface area contributed by atoms with Crippen LogP contribution in [0, 0.1) is 28.6 Å². The first kappa shape index (κ1) is 18.9. The average molecular weight is 348 g/mol. The van der Waals surface area contributed by atoms with E-state index in [-0.39, 0.29) is 23.0 Å². The second-order valence-electron chi connectivity index (χ2n) is 9.74. The minimum atomic E-state index is -0.756. The van der Waals surface area contributed by atoms with Gasteiger partial charge in [0.25, 0.3) is 0 Å². The van der Waals surface area contributed by atoms with Crippen LogP contribution in [-0.4, -0.2) is 17.6 Å². The molecular formula is C22H37NO2. The summed E-state index contributed by atoms with van der Waals surface area (Å²) in [6, 6.07) is -0.270. The number of ether oxygens (including phenoxy) is 1. The van der Waals surface area contributed by atoms with Gasteiger partial charge in [-0.1, -0.05) is 19.1 Å². The Morgan fingerprint density at radius 3 is 2.04 bits per heavy atom. The molecule has 4 rings (SSSR count). The molecule has 4 fully saturated rings. The van der Waals surface area contributed by atoms with Gasteiger partial charge in [0.1, 0.15) is 5.60 Å². The van der Waals surface area contributed by atoms with Gasteiger partial charge in [-0.05, 0) is 90.4 Å². The van der Waals surface area contributed by atoms with E-state index in [0.717, 1.165) is 24.2 Å². The second kappa shape index (κ2) is 6.40. The molecule has 142 valence electrons. The quantitative estimate of drug-likeness (QED) is 0.552. The van der Waals surface area contributed by atoms with Crippen molar-refractivity contribution in [1.82, 2.24) is 0 Å². The molecule has 0 heterocycles. The highest BCUT2D eigenvalue weighted by molar-refractivity contribution is 5.80. The van der Waals surface area contributed by atoms with Gasteiger partial charge in [-0.25, -0.2) is 0 Å². The lowest BCUT2D eigenvalue weighted by atomic mass is 9.45. The number of hydrogen-bond acceptors (Lipinski definition) is 3. The first-order valence-corrected chi connectivity index (χ1v) is 10.3. The van der Waals surface area contributed by atoms with E-state index in [1.165, 1.54) is 38.5 Å². The molecule has 0 aliphatic heterocycles. The lowest BCUT2D eigenvalue weighted by Gasteiger charge is -2.62. The first-order chi connectivity index (χ1) is 11.7. The molecule has 0 aromatic heterocycles. The molecule has 0 amide bonds. The molecule has 0 spiro atoms. The van der Waals surface area contributed by atoms with Crippen LogP contribution >= 0.6 is 0 Å². The Bertz CT molecular complexity index is 517. The minimum Gasteiger partial charge on any atom is -0.458 e. The van der Waals surface area contributed by atoms with E-state index >= 15 is 0 Å². The Morgan fingerprint density at radius 1 is 1.20 bits per heavy atom. The van der Waals surface area contributed by atoms with Crippen LogP contribution in [0.2, 0.25) is 0 Å². The van der Waals surface area contributed by atoms with Gasteiger partial charge >= 0.3 is 5.97 Å². The molecule has 4 bridgehead atoms. The zero-order valence-electron chi connectivity index (χ0n) is 16.8. The molecule has 0 saturated heterocycles. The van der Waals surface area contributed by atoms with Gasteiger partial charge in [0.15, 0.2) is 0 Å². The van der Waals surface area contributed by atoms with Crippen LogP contribution in [0.4, 0.5) is 0 Å². The fourth-order valence-corrected chi connectivity index (χ4v) is 6.38. The van der Waals surface area contributed by atoms with Crippen molar-refractivity contribution in [2.24, 2.45) is 34.3 Å². The Hall–Kier alpha value is -0.830. The maximum Gasteiger partial charge on any atom is 0.317 e. The molecule has 3 atom stereocenters. The van der Waals surface area contributed by atoms with Gasteiger partial charge < -0.3 is 10.5 Å². The van der Waals surface area contributed by atoms with Crippen LogP contribution in [0.15, 0.2) is 12.2 Å². The van der Waals surface area contributed by atoms with Gasteiger partial charge in [0, 0.05) is 11.5 Å². The summed E-state index contributed by atoms with van der Waals surface area (Å²) in [5.41, 5.74) is 5.22. The third-order valence-electron chi connectivity index (χ3n) is 8.05. The van der Waals surface area contributed by atoms with Crippen LogP contribution in [0.1, 0.15) is 79.6 Å². The van der Waals surface area contributed by atoms with Crippen molar-refractivity contribution in [2.45, 2.75) is 91.2 Å². The van der Waals surface area contributed by atoms with E-state index in [9.17, 15) is 4.79 Å². The lowest BCUT2D eigenvalue weighted by Crippen LogP contribution is -2.59. The maximum atomic E-state index is 13.2. The highest BCUT2D eigenvalue weighted by Gasteiger charge is 2.60. The number of carbonyl (C=O) groups excluding carboxylic acids is 1. The number of nitrogens with two attached hydrogens (primary N) is 1. The normalized spacial score (nSPS) is 39.8. The van der Waals surface area contributed by atoms with E-state index in [4.69, 9.17) is 10.5 Å². The summed E-state index contributed by atoms with van der Waals surface area (Å²) in [5, 5.41) is 0. The fourth-order valence-electron chi connectivity index (χ4n) is 6.38. The molecule has 25 heavy (non-hydrogen) atoms. The number of carbonyl (C=O) groups is 1. The van der Waals surface area contributed by atoms with Crippen molar-refractivity contribution in [3.05, 3.63) is 12.2 Å². The summed E-state index contributed by atoms with van der Waals surface area (Å²) >= 11 is 0. The summed E-state index contributed by atoms with van der Waals surface area (Å²) in [4.78, 5) is 13.2. The number of allylic oxidation sites excluding steroid dienone is 1. The van der Waals surface area contributed by atoms with Crippen molar-refractivity contribution in [1.29, 1.82) is 0 Å². The monoisotopic (exact) mass is 347 g/mol. The largest absolute Gasteiger partial charge is 0.458 e. The third kappa shape index (κ3) is 2.97. The number of esters is 1. The molecule has 0 radical (unpaired) electrons. The molecule has 3 nitrogen and oxygen atoms in total. The van der Waals surface area contributed by atoms with Crippen LogP contribution < -0.4 is 5.73 Å². The lowest BCUT2D eigenvalue weighted by molar-refractivity contribution is -0.211. The number of rotatable bonds is 6. The summed E-state index contributed by atoms with van der Waals surface area (Å²) < 4.78 is 6.38. The predicted octanol–water partition coefficient (Wildman–Crippen LogP) is 4.84. The molecular weight excluding hydrogens is 310 g/mol. The van der Waals surface area contributed by atoms with Gasteiger partial charge in [-0.15, -0.1) is 0 Å². The van der Waals surface area contributed by atoms with E-state index in [1.54, 1.807) is 0 Å². The molecule has 4 aliphatic carbocycles. The zero-order valence-corrected chi connectivity index (χ0v) is 16.8. The molecule has 0 aromatic carbocycles. The highest BCUT2D eigenvalue weighted by atomic mass is 16.6. The summed E-state index contributed by atoms with van der Waals surface area (Å²) in [7, 11) is 0. The second-order valence-corrected chi connectivity index (χ2v) is 9.74. The molecule has 3 unspecified atom stereocenters. The Balaban J connectivity index is 1.87.